The fraction of sp³-hybridized carbons (Fsp3) is 0.333. The molecule has 1 heterocycles. The first-order valence-electron chi connectivity index (χ1n) is 5.44. The van der Waals surface area contributed by atoms with Gasteiger partial charge >= 0.3 is 0 Å². The van der Waals surface area contributed by atoms with Crippen LogP contribution in [0.5, 0.6) is 5.75 Å². The highest BCUT2D eigenvalue weighted by molar-refractivity contribution is 5.99. The Balaban J connectivity index is 2.05. The van der Waals surface area contributed by atoms with E-state index < -0.39 is 6.04 Å². The van der Waals surface area contributed by atoms with Crippen LogP contribution in [0.1, 0.15) is 12.8 Å². The average Bonchev–Trinajstić information content (AvgIpc) is 2.77. The Hall–Kier alpha value is -2.04. The van der Waals surface area contributed by atoms with Crippen LogP contribution in [0.3, 0.4) is 0 Å². The topological polar surface area (TPSA) is 67.4 Å². The minimum atomic E-state index is -0.438. The van der Waals surface area contributed by atoms with E-state index in [0.29, 0.717) is 24.3 Å². The van der Waals surface area contributed by atoms with Crippen LogP contribution in [0, 0.1) is 0 Å². The van der Waals surface area contributed by atoms with Gasteiger partial charge in [0.15, 0.2) is 0 Å². The number of hydrogen-bond donors (Lipinski definition) is 2. The second-order valence-electron chi connectivity index (χ2n) is 3.85. The molecule has 1 aliphatic rings. The van der Waals surface area contributed by atoms with Gasteiger partial charge in [0.1, 0.15) is 11.8 Å². The summed E-state index contributed by atoms with van der Waals surface area (Å²) in [4.78, 5) is 22.9. The van der Waals surface area contributed by atoms with Crippen LogP contribution in [0.2, 0.25) is 0 Å². The molecule has 0 spiro atoms. The molecule has 2 amide bonds. The molecule has 1 saturated heterocycles. The van der Waals surface area contributed by atoms with Crippen molar-refractivity contribution in [2.24, 2.45) is 0 Å². The molecule has 0 aliphatic carbocycles. The summed E-state index contributed by atoms with van der Waals surface area (Å²) in [5, 5.41) is 5.36. The van der Waals surface area contributed by atoms with Gasteiger partial charge in [0.2, 0.25) is 11.8 Å². The fourth-order valence-corrected chi connectivity index (χ4v) is 1.78. The summed E-state index contributed by atoms with van der Waals surface area (Å²) >= 11 is 0. The summed E-state index contributed by atoms with van der Waals surface area (Å²) in [6.07, 6.45) is 0.948. The normalized spacial score (nSPS) is 18.6. The van der Waals surface area contributed by atoms with Crippen molar-refractivity contribution in [3.8, 4) is 5.75 Å². The molecule has 1 aliphatic heterocycles. The van der Waals surface area contributed by atoms with E-state index in [0.717, 1.165) is 0 Å². The van der Waals surface area contributed by atoms with Crippen LogP contribution in [0.15, 0.2) is 24.3 Å². The quantitative estimate of drug-likeness (QED) is 0.817. The second kappa shape index (κ2) is 4.86. The summed E-state index contributed by atoms with van der Waals surface area (Å²) in [7, 11) is 1.54. The summed E-state index contributed by atoms with van der Waals surface area (Å²) in [5.41, 5.74) is 0.612. The molecule has 90 valence electrons. The van der Waals surface area contributed by atoms with Gasteiger partial charge in [-0.3, -0.25) is 9.59 Å². The first-order valence-corrected chi connectivity index (χ1v) is 5.44. The summed E-state index contributed by atoms with van der Waals surface area (Å²) in [6.45, 7) is 0. The zero-order valence-corrected chi connectivity index (χ0v) is 9.53. The number of anilines is 1. The lowest BCUT2D eigenvalue weighted by Gasteiger charge is -2.13. The maximum atomic E-state index is 11.8. The molecule has 5 nitrogen and oxygen atoms in total. The third-order valence-corrected chi connectivity index (χ3v) is 2.68. The van der Waals surface area contributed by atoms with Gasteiger partial charge in [-0.1, -0.05) is 12.1 Å². The molecule has 0 saturated carbocycles. The minimum absolute atomic E-state index is 0.0785. The SMILES string of the molecule is COc1ccccc1NC(=O)[C@H]1CCC(=O)N1. The highest BCUT2D eigenvalue weighted by atomic mass is 16.5. The first-order chi connectivity index (χ1) is 8.20. The zero-order valence-electron chi connectivity index (χ0n) is 9.53. The number of hydrogen-bond acceptors (Lipinski definition) is 3. The number of ether oxygens (including phenoxy) is 1. The van der Waals surface area contributed by atoms with E-state index in [1.54, 1.807) is 19.2 Å². The van der Waals surface area contributed by atoms with Crippen molar-refractivity contribution in [2.75, 3.05) is 12.4 Å². The number of benzene rings is 1. The molecule has 0 aromatic heterocycles. The Kier molecular flexibility index (Phi) is 3.27. The lowest BCUT2D eigenvalue weighted by Crippen LogP contribution is -2.37. The van der Waals surface area contributed by atoms with Crippen molar-refractivity contribution < 1.29 is 14.3 Å². The van der Waals surface area contributed by atoms with Crippen molar-refractivity contribution in [1.29, 1.82) is 0 Å². The van der Waals surface area contributed by atoms with Crippen molar-refractivity contribution >= 4 is 17.5 Å². The largest absolute Gasteiger partial charge is 0.495 e. The van der Waals surface area contributed by atoms with Gasteiger partial charge in [0.05, 0.1) is 12.8 Å². The predicted molar refractivity (Wildman–Crippen MR) is 62.8 cm³/mol. The van der Waals surface area contributed by atoms with Gasteiger partial charge in [-0.15, -0.1) is 0 Å². The molecule has 17 heavy (non-hydrogen) atoms. The average molecular weight is 234 g/mol. The Morgan fingerprint density at radius 1 is 1.47 bits per heavy atom. The third-order valence-electron chi connectivity index (χ3n) is 2.68. The van der Waals surface area contributed by atoms with E-state index in [-0.39, 0.29) is 11.8 Å². The maximum absolute atomic E-state index is 11.8. The van der Waals surface area contributed by atoms with Crippen LogP contribution >= 0.6 is 0 Å². The van der Waals surface area contributed by atoms with E-state index in [4.69, 9.17) is 4.74 Å². The van der Waals surface area contributed by atoms with Crippen LogP contribution in [-0.2, 0) is 9.59 Å². The van der Waals surface area contributed by atoms with Crippen molar-refractivity contribution in [3.05, 3.63) is 24.3 Å². The Labute approximate surface area is 99.2 Å². The molecule has 0 radical (unpaired) electrons. The fourth-order valence-electron chi connectivity index (χ4n) is 1.78. The second-order valence-corrected chi connectivity index (χ2v) is 3.85. The summed E-state index contributed by atoms with van der Waals surface area (Å²) in [6, 6.07) is 6.72. The molecule has 2 N–H and O–H groups in total. The molecule has 1 aromatic rings. The van der Waals surface area contributed by atoms with E-state index in [1.807, 2.05) is 12.1 Å². The highest BCUT2D eigenvalue weighted by Gasteiger charge is 2.27. The van der Waals surface area contributed by atoms with Gasteiger partial charge in [-0.25, -0.2) is 0 Å². The number of nitrogens with one attached hydrogen (secondary N) is 2. The third kappa shape index (κ3) is 2.55. The van der Waals surface area contributed by atoms with Crippen LogP contribution in [-0.4, -0.2) is 25.0 Å². The van der Waals surface area contributed by atoms with Gasteiger partial charge < -0.3 is 15.4 Å². The lowest BCUT2D eigenvalue weighted by atomic mass is 10.2. The summed E-state index contributed by atoms with van der Waals surface area (Å²) < 4.78 is 5.13. The zero-order chi connectivity index (χ0) is 12.3. The Morgan fingerprint density at radius 2 is 2.24 bits per heavy atom. The van der Waals surface area contributed by atoms with Crippen molar-refractivity contribution in [3.63, 3.8) is 0 Å². The molecule has 0 bridgehead atoms. The molecule has 0 unspecified atom stereocenters. The van der Waals surface area contributed by atoms with E-state index >= 15 is 0 Å². The predicted octanol–water partition coefficient (Wildman–Crippen LogP) is 0.912. The monoisotopic (exact) mass is 234 g/mol. The smallest absolute Gasteiger partial charge is 0.247 e. The Bertz CT molecular complexity index is 445. The lowest BCUT2D eigenvalue weighted by molar-refractivity contribution is -0.122. The standard InChI is InChI=1S/C12H14N2O3/c1-17-10-5-3-2-4-8(10)14-12(16)9-6-7-11(15)13-9/h2-5,9H,6-7H2,1H3,(H,13,15)(H,14,16)/t9-/m1/s1. The molecular formula is C12H14N2O3. The molecule has 1 atom stereocenters. The molecule has 1 aromatic carbocycles. The van der Waals surface area contributed by atoms with Crippen LogP contribution in [0.4, 0.5) is 5.69 Å². The van der Waals surface area contributed by atoms with Crippen LogP contribution < -0.4 is 15.4 Å². The number of carbonyl (C=O) groups is 2. The number of rotatable bonds is 3. The van der Waals surface area contributed by atoms with Gasteiger partial charge in [0.25, 0.3) is 0 Å². The van der Waals surface area contributed by atoms with Gasteiger partial charge in [-0.05, 0) is 18.6 Å². The molecule has 5 heteroatoms. The van der Waals surface area contributed by atoms with E-state index in [2.05, 4.69) is 10.6 Å². The number of para-hydroxylation sites is 2. The molecule has 1 fully saturated rings. The van der Waals surface area contributed by atoms with E-state index in [9.17, 15) is 9.59 Å². The first kappa shape index (κ1) is 11.4. The molecule has 2 rings (SSSR count). The van der Waals surface area contributed by atoms with Crippen molar-refractivity contribution in [1.82, 2.24) is 5.32 Å². The van der Waals surface area contributed by atoms with Crippen LogP contribution in [0.25, 0.3) is 0 Å². The number of carbonyl (C=O) groups excluding carboxylic acids is 2. The van der Waals surface area contributed by atoms with Crippen molar-refractivity contribution in [2.45, 2.75) is 18.9 Å². The Morgan fingerprint density at radius 3 is 2.88 bits per heavy atom. The number of amides is 2. The van der Waals surface area contributed by atoms with Gasteiger partial charge in [-0.2, -0.15) is 0 Å². The highest BCUT2D eigenvalue weighted by Crippen LogP contribution is 2.23. The number of methoxy groups -OCH3 is 1. The maximum Gasteiger partial charge on any atom is 0.247 e. The minimum Gasteiger partial charge on any atom is -0.495 e. The van der Waals surface area contributed by atoms with Gasteiger partial charge in [0, 0.05) is 6.42 Å². The van der Waals surface area contributed by atoms with E-state index in [1.165, 1.54) is 0 Å². The summed E-state index contributed by atoms with van der Waals surface area (Å²) in [5.74, 6) is 0.315. The molecular weight excluding hydrogens is 220 g/mol.